The summed E-state index contributed by atoms with van der Waals surface area (Å²) in [6.45, 7) is -0.103. The van der Waals surface area contributed by atoms with Crippen LogP contribution in [0.2, 0.25) is 0 Å². The largest absolute Gasteiger partial charge is 0.485 e. The minimum Gasteiger partial charge on any atom is -0.485 e. The molecule has 0 unspecified atom stereocenters. The molecule has 0 saturated carbocycles. The third kappa shape index (κ3) is 5.93. The van der Waals surface area contributed by atoms with Gasteiger partial charge in [-0.3, -0.25) is 4.79 Å². The van der Waals surface area contributed by atoms with Crippen LogP contribution in [0.3, 0.4) is 0 Å². The van der Waals surface area contributed by atoms with Crippen LogP contribution < -0.4 is 9.47 Å². The molecule has 0 aliphatic carbocycles. The Balaban J connectivity index is 1.52. The Kier molecular flexibility index (Phi) is 7.19. The molecule has 3 rings (SSSR count). The van der Waals surface area contributed by atoms with Crippen molar-refractivity contribution in [3.63, 3.8) is 0 Å². The van der Waals surface area contributed by atoms with E-state index in [-0.39, 0.29) is 18.8 Å². The summed E-state index contributed by atoms with van der Waals surface area (Å²) in [5, 5.41) is 9.04. The highest BCUT2D eigenvalue weighted by Crippen LogP contribution is 2.23. The standard InChI is InChI=1S/C24H22O6/c1-28-23(24(26)27)15-17-7-9-18(10-8-17)22(25)16-29-19-11-13-21(14-12-19)30-20-5-3-2-4-6-20/h2-14,23H,15-16H2,1H3,(H,26,27)/t23-/m0/s1. The molecule has 0 amide bonds. The Labute approximate surface area is 174 Å². The number of carboxylic acid groups (broad SMARTS) is 1. The first kappa shape index (κ1) is 21.1. The monoisotopic (exact) mass is 406 g/mol. The van der Waals surface area contributed by atoms with E-state index < -0.39 is 12.1 Å². The van der Waals surface area contributed by atoms with Crippen molar-refractivity contribution in [1.82, 2.24) is 0 Å². The molecular formula is C24H22O6. The van der Waals surface area contributed by atoms with E-state index >= 15 is 0 Å². The second kappa shape index (κ2) is 10.2. The van der Waals surface area contributed by atoms with Crippen molar-refractivity contribution in [2.24, 2.45) is 0 Å². The van der Waals surface area contributed by atoms with Crippen LogP contribution in [0.15, 0.2) is 78.9 Å². The van der Waals surface area contributed by atoms with Crippen LogP contribution in [0, 0.1) is 0 Å². The average Bonchev–Trinajstić information content (AvgIpc) is 2.77. The summed E-state index contributed by atoms with van der Waals surface area (Å²) in [6.07, 6.45) is -0.683. The third-order valence-corrected chi connectivity index (χ3v) is 4.43. The number of hydrogen-bond acceptors (Lipinski definition) is 5. The van der Waals surface area contributed by atoms with Gasteiger partial charge in [-0.25, -0.2) is 4.79 Å². The fourth-order valence-electron chi connectivity index (χ4n) is 2.77. The second-order valence-corrected chi connectivity index (χ2v) is 6.56. The van der Waals surface area contributed by atoms with Crippen LogP contribution in [0.4, 0.5) is 0 Å². The summed E-state index contributed by atoms with van der Waals surface area (Å²) in [4.78, 5) is 23.4. The third-order valence-electron chi connectivity index (χ3n) is 4.43. The molecule has 154 valence electrons. The van der Waals surface area contributed by atoms with E-state index in [0.717, 1.165) is 11.3 Å². The SMILES string of the molecule is CO[C@@H](Cc1ccc(C(=O)COc2ccc(Oc3ccccc3)cc2)cc1)C(=O)O. The Bertz CT molecular complexity index is 965. The summed E-state index contributed by atoms with van der Waals surface area (Å²) in [6, 6.07) is 23.2. The molecule has 1 N–H and O–H groups in total. The number of carbonyl (C=O) groups is 2. The molecule has 0 bridgehead atoms. The first-order valence-corrected chi connectivity index (χ1v) is 9.38. The number of Topliss-reactive ketones (excluding diaryl/α,β-unsaturated/α-hetero) is 1. The normalized spacial score (nSPS) is 11.5. The maximum absolute atomic E-state index is 12.4. The van der Waals surface area contributed by atoms with E-state index in [2.05, 4.69) is 0 Å². The van der Waals surface area contributed by atoms with Crippen LogP contribution >= 0.6 is 0 Å². The quantitative estimate of drug-likeness (QED) is 0.503. The molecule has 0 fully saturated rings. The first-order chi connectivity index (χ1) is 14.5. The molecule has 6 nitrogen and oxygen atoms in total. The van der Waals surface area contributed by atoms with Crippen molar-refractivity contribution in [1.29, 1.82) is 0 Å². The Morgan fingerprint density at radius 3 is 2.03 bits per heavy atom. The van der Waals surface area contributed by atoms with E-state index in [9.17, 15) is 9.59 Å². The maximum atomic E-state index is 12.4. The predicted molar refractivity (Wildman–Crippen MR) is 111 cm³/mol. The summed E-state index contributed by atoms with van der Waals surface area (Å²) >= 11 is 0. The first-order valence-electron chi connectivity index (χ1n) is 9.38. The van der Waals surface area contributed by atoms with Crippen LogP contribution in [-0.2, 0) is 16.0 Å². The Morgan fingerprint density at radius 1 is 0.833 bits per heavy atom. The van der Waals surface area contributed by atoms with Gasteiger partial charge in [0.15, 0.2) is 18.5 Å². The van der Waals surface area contributed by atoms with Gasteiger partial charge in [-0.1, -0.05) is 42.5 Å². The number of rotatable bonds is 10. The molecule has 0 saturated heterocycles. The number of aliphatic carboxylic acids is 1. The molecule has 0 radical (unpaired) electrons. The molecule has 0 heterocycles. The number of hydrogen-bond donors (Lipinski definition) is 1. The lowest BCUT2D eigenvalue weighted by Crippen LogP contribution is -2.24. The van der Waals surface area contributed by atoms with Crippen LogP contribution in [-0.4, -0.2) is 36.7 Å². The van der Waals surface area contributed by atoms with Crippen LogP contribution in [0.5, 0.6) is 17.2 Å². The topological polar surface area (TPSA) is 82.1 Å². The fraction of sp³-hybridized carbons (Fsp3) is 0.167. The van der Waals surface area contributed by atoms with Gasteiger partial charge in [0, 0.05) is 19.1 Å². The zero-order valence-corrected chi connectivity index (χ0v) is 16.5. The van der Waals surface area contributed by atoms with Crippen LogP contribution in [0.1, 0.15) is 15.9 Å². The van der Waals surface area contributed by atoms with Gasteiger partial charge in [0.25, 0.3) is 0 Å². The highest BCUT2D eigenvalue weighted by molar-refractivity contribution is 5.97. The van der Waals surface area contributed by atoms with Gasteiger partial charge < -0.3 is 19.3 Å². The molecule has 30 heavy (non-hydrogen) atoms. The molecule has 0 aliphatic rings. The van der Waals surface area contributed by atoms with Gasteiger partial charge in [-0.05, 0) is 42.0 Å². The zero-order chi connectivity index (χ0) is 21.3. The maximum Gasteiger partial charge on any atom is 0.333 e. The molecule has 0 aromatic heterocycles. The predicted octanol–water partition coefficient (Wildman–Crippen LogP) is 4.38. The van der Waals surface area contributed by atoms with E-state index in [1.807, 2.05) is 30.3 Å². The molecule has 3 aromatic carbocycles. The molecule has 0 aliphatic heterocycles. The number of ether oxygens (including phenoxy) is 3. The van der Waals surface area contributed by atoms with E-state index in [4.69, 9.17) is 19.3 Å². The summed E-state index contributed by atoms with van der Waals surface area (Å²) in [7, 11) is 1.36. The molecule has 6 heteroatoms. The highest BCUT2D eigenvalue weighted by Gasteiger charge is 2.17. The minimum atomic E-state index is -1.02. The van der Waals surface area contributed by atoms with Crippen molar-refractivity contribution in [2.75, 3.05) is 13.7 Å². The van der Waals surface area contributed by atoms with Gasteiger partial charge in [-0.15, -0.1) is 0 Å². The van der Waals surface area contributed by atoms with Gasteiger partial charge in [0.05, 0.1) is 0 Å². The van der Waals surface area contributed by atoms with Crippen molar-refractivity contribution >= 4 is 11.8 Å². The summed E-state index contributed by atoms with van der Waals surface area (Å²) in [5.74, 6) is 0.778. The van der Waals surface area contributed by atoms with E-state index in [1.54, 1.807) is 48.5 Å². The number of carbonyl (C=O) groups excluding carboxylic acids is 1. The Morgan fingerprint density at radius 2 is 1.43 bits per heavy atom. The average molecular weight is 406 g/mol. The summed E-state index contributed by atoms with van der Waals surface area (Å²) < 4.78 is 16.2. The van der Waals surface area contributed by atoms with E-state index in [0.29, 0.717) is 17.1 Å². The Hall–Kier alpha value is -3.64. The molecule has 3 aromatic rings. The number of benzene rings is 3. The van der Waals surface area contributed by atoms with Crippen molar-refractivity contribution < 1.29 is 28.9 Å². The minimum absolute atomic E-state index is 0.103. The number of methoxy groups -OCH3 is 1. The lowest BCUT2D eigenvalue weighted by atomic mass is 10.0. The molecular weight excluding hydrogens is 384 g/mol. The lowest BCUT2D eigenvalue weighted by Gasteiger charge is -2.11. The van der Waals surface area contributed by atoms with E-state index in [1.165, 1.54) is 7.11 Å². The van der Waals surface area contributed by atoms with Crippen molar-refractivity contribution in [3.8, 4) is 17.2 Å². The smallest absolute Gasteiger partial charge is 0.333 e. The van der Waals surface area contributed by atoms with Gasteiger partial charge >= 0.3 is 5.97 Å². The second-order valence-electron chi connectivity index (χ2n) is 6.56. The lowest BCUT2D eigenvalue weighted by molar-refractivity contribution is -0.148. The fourth-order valence-corrected chi connectivity index (χ4v) is 2.77. The van der Waals surface area contributed by atoms with Crippen LogP contribution in [0.25, 0.3) is 0 Å². The van der Waals surface area contributed by atoms with Crippen molar-refractivity contribution in [2.45, 2.75) is 12.5 Å². The van der Waals surface area contributed by atoms with Crippen molar-refractivity contribution in [3.05, 3.63) is 90.0 Å². The van der Waals surface area contributed by atoms with Gasteiger partial charge in [0.1, 0.15) is 17.2 Å². The number of ketones is 1. The number of carboxylic acids is 1. The zero-order valence-electron chi connectivity index (χ0n) is 16.5. The summed E-state index contributed by atoms with van der Waals surface area (Å²) in [5.41, 5.74) is 1.27. The van der Waals surface area contributed by atoms with Gasteiger partial charge in [0.2, 0.25) is 0 Å². The molecule has 0 spiro atoms. The molecule has 1 atom stereocenters. The highest BCUT2D eigenvalue weighted by atomic mass is 16.5. The van der Waals surface area contributed by atoms with Gasteiger partial charge in [-0.2, -0.15) is 0 Å². The number of para-hydroxylation sites is 1.